The van der Waals surface area contributed by atoms with E-state index in [4.69, 9.17) is 14.2 Å². The van der Waals surface area contributed by atoms with Gasteiger partial charge in [-0.3, -0.25) is 4.79 Å². The Kier molecular flexibility index (Phi) is 6.06. The normalized spacial score (nSPS) is 19.9. The van der Waals surface area contributed by atoms with E-state index in [9.17, 15) is 9.59 Å². The highest BCUT2D eigenvalue weighted by Gasteiger charge is 2.61. The largest absolute Gasteiger partial charge is 0.463 e. The summed E-state index contributed by atoms with van der Waals surface area (Å²) in [7, 11) is 0. The molecule has 0 radical (unpaired) electrons. The molecule has 2 atom stereocenters. The number of allylic oxidation sites excluding steroid dienone is 1. The molecule has 0 aromatic heterocycles. The number of ether oxygens (including phenoxy) is 3. The van der Waals surface area contributed by atoms with Crippen LogP contribution in [0.25, 0.3) is 0 Å². The lowest BCUT2D eigenvalue weighted by Gasteiger charge is -2.08. The zero-order valence-corrected chi connectivity index (χ0v) is 17.2. The number of esters is 2. The van der Waals surface area contributed by atoms with Gasteiger partial charge in [-0.15, -0.1) is 0 Å². The third-order valence-corrected chi connectivity index (χ3v) is 5.19. The Bertz CT molecular complexity index is 914. The predicted molar refractivity (Wildman–Crippen MR) is 110 cm³/mol. The van der Waals surface area contributed by atoms with Gasteiger partial charge in [0, 0.05) is 11.6 Å². The Balaban J connectivity index is 1.66. The molecule has 29 heavy (non-hydrogen) atoms. The summed E-state index contributed by atoms with van der Waals surface area (Å²) < 4.78 is 16.4. The highest BCUT2D eigenvalue weighted by atomic mass is 16.5. The zero-order chi connectivity index (χ0) is 21.0. The standard InChI is InChI=1S/C24H26O5/c1-5-27-22(25)16(2)14-20-21(24(20,3)4)23(26)29-19-13-9-12-18(15-19)28-17-10-7-6-8-11-17/h6-15,20-21H,5H2,1-4H3. The van der Waals surface area contributed by atoms with E-state index in [2.05, 4.69) is 0 Å². The van der Waals surface area contributed by atoms with Crippen LogP contribution in [0.1, 0.15) is 27.7 Å². The molecule has 2 aromatic carbocycles. The van der Waals surface area contributed by atoms with Crippen LogP contribution in [0.4, 0.5) is 0 Å². The van der Waals surface area contributed by atoms with Crippen molar-refractivity contribution in [2.24, 2.45) is 17.3 Å². The van der Waals surface area contributed by atoms with Gasteiger partial charge in [0.15, 0.2) is 0 Å². The zero-order valence-electron chi connectivity index (χ0n) is 17.2. The minimum absolute atomic E-state index is 0.0665. The maximum atomic E-state index is 12.7. The van der Waals surface area contributed by atoms with Crippen LogP contribution in [0.15, 0.2) is 66.2 Å². The Morgan fingerprint density at radius 3 is 2.34 bits per heavy atom. The fourth-order valence-corrected chi connectivity index (χ4v) is 3.43. The third kappa shape index (κ3) is 4.86. The molecule has 0 heterocycles. The van der Waals surface area contributed by atoms with Gasteiger partial charge in [0.25, 0.3) is 0 Å². The molecule has 0 spiro atoms. The first-order valence-electron chi connectivity index (χ1n) is 9.73. The van der Waals surface area contributed by atoms with E-state index in [-0.39, 0.29) is 29.2 Å². The monoisotopic (exact) mass is 394 g/mol. The summed E-state index contributed by atoms with van der Waals surface area (Å²) in [5.41, 5.74) is 0.238. The maximum Gasteiger partial charge on any atom is 0.333 e. The minimum Gasteiger partial charge on any atom is -0.463 e. The van der Waals surface area contributed by atoms with Crippen molar-refractivity contribution >= 4 is 11.9 Å². The molecule has 1 saturated carbocycles. The van der Waals surface area contributed by atoms with Crippen LogP contribution in [-0.2, 0) is 14.3 Å². The number of hydrogen-bond acceptors (Lipinski definition) is 5. The molecule has 1 aliphatic carbocycles. The summed E-state index contributed by atoms with van der Waals surface area (Å²) >= 11 is 0. The number of carbonyl (C=O) groups is 2. The molecular weight excluding hydrogens is 368 g/mol. The van der Waals surface area contributed by atoms with Crippen molar-refractivity contribution in [1.82, 2.24) is 0 Å². The molecule has 0 amide bonds. The fourth-order valence-electron chi connectivity index (χ4n) is 3.43. The van der Waals surface area contributed by atoms with Gasteiger partial charge in [-0.05, 0) is 49.4 Å². The van der Waals surface area contributed by atoms with Crippen molar-refractivity contribution in [3.8, 4) is 17.2 Å². The molecular formula is C24H26O5. The van der Waals surface area contributed by atoms with Crippen LogP contribution in [0, 0.1) is 17.3 Å². The Labute approximate surface area is 171 Å². The predicted octanol–water partition coefficient (Wildman–Crippen LogP) is 5.17. The van der Waals surface area contributed by atoms with E-state index in [1.54, 1.807) is 38.1 Å². The van der Waals surface area contributed by atoms with E-state index in [0.717, 1.165) is 0 Å². The fraction of sp³-hybridized carbons (Fsp3) is 0.333. The SMILES string of the molecule is CCOC(=O)C(C)=CC1C(C(=O)Oc2cccc(Oc3ccccc3)c2)C1(C)C. The molecule has 3 rings (SSSR count). The second-order valence-electron chi connectivity index (χ2n) is 7.71. The van der Waals surface area contributed by atoms with Gasteiger partial charge < -0.3 is 14.2 Å². The molecule has 0 saturated heterocycles. The van der Waals surface area contributed by atoms with Crippen LogP contribution >= 0.6 is 0 Å². The third-order valence-electron chi connectivity index (χ3n) is 5.19. The Hall–Kier alpha value is -3.08. The van der Waals surface area contributed by atoms with Crippen molar-refractivity contribution in [3.05, 3.63) is 66.2 Å². The molecule has 2 aromatic rings. The van der Waals surface area contributed by atoms with Gasteiger partial charge in [-0.25, -0.2) is 4.79 Å². The Morgan fingerprint density at radius 2 is 1.66 bits per heavy atom. The summed E-state index contributed by atoms with van der Waals surface area (Å²) in [6.45, 7) is 7.78. The van der Waals surface area contributed by atoms with Gasteiger partial charge in [0.1, 0.15) is 17.2 Å². The van der Waals surface area contributed by atoms with Crippen LogP contribution in [0.2, 0.25) is 0 Å². The lowest BCUT2D eigenvalue weighted by molar-refractivity contribution is -0.139. The first-order valence-corrected chi connectivity index (χ1v) is 9.73. The maximum absolute atomic E-state index is 12.7. The van der Waals surface area contributed by atoms with Crippen molar-refractivity contribution in [3.63, 3.8) is 0 Å². The average Bonchev–Trinajstić information content (AvgIpc) is 3.23. The molecule has 2 unspecified atom stereocenters. The first kappa shape index (κ1) is 20.6. The highest BCUT2D eigenvalue weighted by molar-refractivity contribution is 5.88. The highest BCUT2D eigenvalue weighted by Crippen LogP contribution is 2.59. The van der Waals surface area contributed by atoms with Crippen molar-refractivity contribution in [2.75, 3.05) is 6.61 Å². The lowest BCUT2D eigenvalue weighted by atomic mass is 10.1. The molecule has 1 fully saturated rings. The number of hydrogen-bond donors (Lipinski definition) is 0. The van der Waals surface area contributed by atoms with E-state index >= 15 is 0 Å². The molecule has 5 heteroatoms. The molecule has 5 nitrogen and oxygen atoms in total. The van der Waals surface area contributed by atoms with Gasteiger partial charge >= 0.3 is 11.9 Å². The molecule has 0 bridgehead atoms. The second kappa shape index (κ2) is 8.52. The molecule has 0 N–H and O–H groups in total. The number of rotatable bonds is 7. The summed E-state index contributed by atoms with van der Waals surface area (Å²) in [4.78, 5) is 24.6. The van der Waals surface area contributed by atoms with Gasteiger partial charge in [-0.1, -0.05) is 44.2 Å². The van der Waals surface area contributed by atoms with Crippen molar-refractivity contribution in [1.29, 1.82) is 0 Å². The molecule has 0 aliphatic heterocycles. The first-order chi connectivity index (χ1) is 13.8. The van der Waals surface area contributed by atoms with Crippen LogP contribution in [-0.4, -0.2) is 18.5 Å². The van der Waals surface area contributed by atoms with E-state index in [0.29, 0.717) is 29.4 Å². The number of para-hydroxylation sites is 1. The van der Waals surface area contributed by atoms with Gasteiger partial charge in [-0.2, -0.15) is 0 Å². The molecule has 152 valence electrons. The lowest BCUT2D eigenvalue weighted by Crippen LogP contribution is -2.14. The van der Waals surface area contributed by atoms with E-state index < -0.39 is 0 Å². The molecule has 1 aliphatic rings. The van der Waals surface area contributed by atoms with Crippen LogP contribution in [0.3, 0.4) is 0 Å². The van der Waals surface area contributed by atoms with Crippen LogP contribution < -0.4 is 9.47 Å². The Morgan fingerprint density at radius 1 is 1.00 bits per heavy atom. The smallest absolute Gasteiger partial charge is 0.333 e. The topological polar surface area (TPSA) is 61.8 Å². The summed E-state index contributed by atoms with van der Waals surface area (Å²) in [5.74, 6) is 0.674. The van der Waals surface area contributed by atoms with E-state index in [1.165, 1.54) is 0 Å². The van der Waals surface area contributed by atoms with Crippen LogP contribution in [0.5, 0.6) is 17.2 Å². The van der Waals surface area contributed by atoms with Gasteiger partial charge in [0.2, 0.25) is 0 Å². The average molecular weight is 394 g/mol. The second-order valence-corrected chi connectivity index (χ2v) is 7.71. The quantitative estimate of drug-likeness (QED) is 0.368. The van der Waals surface area contributed by atoms with Gasteiger partial charge in [0.05, 0.1) is 12.5 Å². The number of benzene rings is 2. The summed E-state index contributed by atoms with van der Waals surface area (Å²) in [6.07, 6.45) is 1.82. The van der Waals surface area contributed by atoms with Crippen molar-refractivity contribution < 1.29 is 23.8 Å². The summed E-state index contributed by atoms with van der Waals surface area (Å²) in [6, 6.07) is 16.4. The van der Waals surface area contributed by atoms with E-state index in [1.807, 2.05) is 50.3 Å². The summed E-state index contributed by atoms with van der Waals surface area (Å²) in [5, 5.41) is 0. The minimum atomic E-state index is -0.354. The van der Waals surface area contributed by atoms with Crippen molar-refractivity contribution in [2.45, 2.75) is 27.7 Å². The number of carbonyl (C=O) groups excluding carboxylic acids is 2.